The molecule has 3 aromatic rings. The van der Waals surface area contributed by atoms with Gasteiger partial charge in [-0.3, -0.25) is 9.78 Å². The number of hydrogen-bond acceptors (Lipinski definition) is 5. The molecule has 1 aliphatic rings. The molecule has 43 heavy (non-hydrogen) atoms. The van der Waals surface area contributed by atoms with Crippen LogP contribution < -0.4 is 5.32 Å². The Labute approximate surface area is 259 Å². The Morgan fingerprint density at radius 1 is 1.05 bits per heavy atom. The van der Waals surface area contributed by atoms with Crippen LogP contribution in [0.25, 0.3) is 0 Å². The lowest BCUT2D eigenvalue weighted by Gasteiger charge is -2.37. The van der Waals surface area contributed by atoms with Gasteiger partial charge in [0.2, 0.25) is 15.9 Å². The first-order valence-corrected chi connectivity index (χ1v) is 16.7. The Balaban J connectivity index is 1.59. The molecule has 1 aliphatic carbocycles. The van der Waals surface area contributed by atoms with Gasteiger partial charge in [-0.1, -0.05) is 81.1 Å². The number of hydrogen-bond donors (Lipinski definition) is 2. The fraction of sp³-hybridized carbons (Fsp3) is 0.455. The Morgan fingerprint density at radius 3 is 2.37 bits per heavy atom. The molecule has 10 heteroatoms. The lowest BCUT2D eigenvalue weighted by atomic mass is 9.69. The molecule has 1 aromatic heterocycles. The van der Waals surface area contributed by atoms with Crippen molar-refractivity contribution in [3.63, 3.8) is 0 Å². The number of benzene rings is 2. The first-order valence-electron chi connectivity index (χ1n) is 14.9. The van der Waals surface area contributed by atoms with E-state index >= 15 is 0 Å². The molecule has 1 saturated carbocycles. The second-order valence-corrected chi connectivity index (χ2v) is 14.3. The number of rotatable bonds is 13. The molecule has 1 fully saturated rings. The Kier molecular flexibility index (Phi) is 11.3. The van der Waals surface area contributed by atoms with Crippen molar-refractivity contribution in [1.29, 1.82) is 0 Å². The molecule has 7 nitrogen and oxygen atoms in total. The summed E-state index contributed by atoms with van der Waals surface area (Å²) in [6.45, 7) is 3.59. The number of carbonyl (C=O) groups is 1. The van der Waals surface area contributed by atoms with E-state index < -0.39 is 28.0 Å². The molecule has 232 valence electrons. The van der Waals surface area contributed by atoms with Crippen molar-refractivity contribution in [2.45, 2.75) is 81.2 Å². The third-order valence-electron chi connectivity index (χ3n) is 8.12. The van der Waals surface area contributed by atoms with E-state index in [0.717, 1.165) is 55.5 Å². The van der Waals surface area contributed by atoms with Crippen molar-refractivity contribution in [2.24, 2.45) is 5.92 Å². The second kappa shape index (κ2) is 14.8. The average Bonchev–Trinajstić information content (AvgIpc) is 2.99. The number of amides is 1. The van der Waals surface area contributed by atoms with Crippen molar-refractivity contribution < 1.29 is 22.7 Å². The van der Waals surface area contributed by atoms with Crippen molar-refractivity contribution >= 4 is 27.5 Å². The molecular weight excluding hydrogens is 589 g/mol. The highest BCUT2D eigenvalue weighted by Gasteiger charge is 2.38. The van der Waals surface area contributed by atoms with Crippen molar-refractivity contribution in [1.82, 2.24) is 14.6 Å². The molecule has 0 unspecified atom stereocenters. The molecule has 0 spiro atoms. The number of nitrogens with one attached hydrogen (secondary N) is 1. The van der Waals surface area contributed by atoms with E-state index in [-0.39, 0.29) is 46.7 Å². The second-order valence-electron chi connectivity index (χ2n) is 12.0. The predicted octanol–water partition coefficient (Wildman–Crippen LogP) is 5.90. The van der Waals surface area contributed by atoms with Gasteiger partial charge in [-0.05, 0) is 61.1 Å². The van der Waals surface area contributed by atoms with Gasteiger partial charge in [0.15, 0.2) is 0 Å². The molecule has 2 atom stereocenters. The molecule has 0 bridgehead atoms. The minimum atomic E-state index is -4.13. The van der Waals surface area contributed by atoms with Gasteiger partial charge in [0.1, 0.15) is 5.82 Å². The van der Waals surface area contributed by atoms with Crippen molar-refractivity contribution in [3.8, 4) is 0 Å². The van der Waals surface area contributed by atoms with Crippen LogP contribution in [0.15, 0.2) is 77.8 Å². The monoisotopic (exact) mass is 629 g/mol. The van der Waals surface area contributed by atoms with E-state index in [2.05, 4.69) is 10.3 Å². The molecule has 1 amide bonds. The molecular formula is C33H41ClFN3O4S. The number of aliphatic hydroxyl groups is 1. The average molecular weight is 630 g/mol. The largest absolute Gasteiger partial charge is 0.390 e. The summed E-state index contributed by atoms with van der Waals surface area (Å²) in [5.74, 6) is -0.996. The van der Waals surface area contributed by atoms with Crippen LogP contribution in [0.3, 0.4) is 0 Å². The van der Waals surface area contributed by atoms with E-state index in [4.69, 9.17) is 11.6 Å². The first kappa shape index (κ1) is 33.1. The number of sulfonamides is 1. The maximum atomic E-state index is 13.8. The summed E-state index contributed by atoms with van der Waals surface area (Å²) in [5.41, 5.74) is 1.41. The first-order chi connectivity index (χ1) is 20.5. The molecule has 2 aromatic carbocycles. The van der Waals surface area contributed by atoms with E-state index in [1.54, 1.807) is 6.20 Å². The van der Waals surface area contributed by atoms with Gasteiger partial charge in [0, 0.05) is 36.8 Å². The van der Waals surface area contributed by atoms with Gasteiger partial charge >= 0.3 is 0 Å². The Hall–Kier alpha value is -2.85. The molecule has 0 aliphatic heterocycles. The number of nitrogens with zero attached hydrogens (tertiary/aromatic N) is 2. The van der Waals surface area contributed by atoms with Crippen LogP contribution in [-0.2, 0) is 26.7 Å². The zero-order valence-corrected chi connectivity index (χ0v) is 26.3. The fourth-order valence-electron chi connectivity index (χ4n) is 5.95. The van der Waals surface area contributed by atoms with Crippen LogP contribution in [0.4, 0.5) is 4.39 Å². The van der Waals surface area contributed by atoms with Crippen molar-refractivity contribution in [2.75, 3.05) is 13.1 Å². The van der Waals surface area contributed by atoms with E-state index in [9.17, 15) is 22.7 Å². The van der Waals surface area contributed by atoms with Gasteiger partial charge in [-0.2, -0.15) is 4.31 Å². The van der Waals surface area contributed by atoms with Crippen LogP contribution in [0.5, 0.6) is 0 Å². The number of halogens is 2. The molecule has 1 heterocycles. The summed E-state index contributed by atoms with van der Waals surface area (Å²) < 4.78 is 42.4. The highest BCUT2D eigenvalue weighted by Crippen LogP contribution is 2.41. The highest BCUT2D eigenvalue weighted by molar-refractivity contribution is 7.89. The molecule has 4 rings (SSSR count). The molecule has 0 radical (unpaired) electrons. The normalized spacial score (nSPS) is 16.6. The van der Waals surface area contributed by atoms with Crippen LogP contribution in [0.2, 0.25) is 5.02 Å². The summed E-state index contributed by atoms with van der Waals surface area (Å²) >= 11 is 5.91. The Morgan fingerprint density at radius 2 is 1.74 bits per heavy atom. The van der Waals surface area contributed by atoms with E-state index in [1.165, 1.54) is 10.4 Å². The number of aliphatic hydroxyl groups excluding tert-OH is 1. The highest BCUT2D eigenvalue weighted by atomic mass is 35.5. The summed E-state index contributed by atoms with van der Waals surface area (Å²) in [6, 6.07) is 17.7. The maximum Gasteiger partial charge on any atom is 0.243 e. The smallest absolute Gasteiger partial charge is 0.243 e. The zero-order valence-electron chi connectivity index (χ0n) is 24.8. The zero-order chi connectivity index (χ0) is 31.0. The topological polar surface area (TPSA) is 99.6 Å². The molecule has 0 saturated heterocycles. The van der Waals surface area contributed by atoms with Crippen LogP contribution in [0.1, 0.15) is 63.6 Å². The standard InChI is InChI=1S/C33H41ClFN3O4S/c1-24(2)22-38(43(41,42)26-14-15-28(35)27(34)20-26)23-30(39)29(19-25-11-5-3-6-12-25)37-32(40)21-33(16-8-4-9-17-33)31-13-7-10-18-36-31/h3,5-7,10-15,18,20,24,29-30,39H,4,8-9,16-17,19,21-23H2,1-2H3,(H,37,40)/t29-,30+/m0/s1. The van der Waals surface area contributed by atoms with E-state index in [1.807, 2.05) is 62.4 Å². The van der Waals surface area contributed by atoms with Gasteiger partial charge in [0.05, 0.1) is 22.1 Å². The van der Waals surface area contributed by atoms with Crippen LogP contribution in [0, 0.1) is 11.7 Å². The van der Waals surface area contributed by atoms with Gasteiger partial charge in [0.25, 0.3) is 0 Å². The summed E-state index contributed by atoms with van der Waals surface area (Å²) in [4.78, 5) is 18.2. The number of aromatic nitrogens is 1. The lowest BCUT2D eigenvalue weighted by molar-refractivity contribution is -0.124. The predicted molar refractivity (Wildman–Crippen MR) is 167 cm³/mol. The fourth-order valence-corrected chi connectivity index (χ4v) is 7.84. The minimum Gasteiger partial charge on any atom is -0.390 e. The maximum absolute atomic E-state index is 13.8. The quantitative estimate of drug-likeness (QED) is 0.245. The molecule has 2 N–H and O–H groups in total. The SMILES string of the molecule is CC(C)CN(C[C@@H](O)[C@H](Cc1ccccc1)NC(=O)CC1(c2ccccn2)CCCCC1)S(=O)(=O)c1ccc(F)c(Cl)c1. The van der Waals surface area contributed by atoms with Gasteiger partial charge in [-0.25, -0.2) is 12.8 Å². The number of pyridine rings is 1. The van der Waals surface area contributed by atoms with E-state index in [0.29, 0.717) is 6.42 Å². The lowest BCUT2D eigenvalue weighted by Crippen LogP contribution is -2.52. The minimum absolute atomic E-state index is 0.0652. The Bertz CT molecular complexity index is 1450. The van der Waals surface area contributed by atoms with Gasteiger partial charge < -0.3 is 10.4 Å². The number of carbonyl (C=O) groups excluding carboxylic acids is 1. The summed E-state index contributed by atoms with van der Waals surface area (Å²) in [5, 5.41) is 14.3. The van der Waals surface area contributed by atoms with Gasteiger partial charge in [-0.15, -0.1) is 0 Å². The van der Waals surface area contributed by atoms with Crippen molar-refractivity contribution in [3.05, 3.63) is 95.0 Å². The summed E-state index contributed by atoms with van der Waals surface area (Å²) in [6.07, 6.45) is 5.89. The van der Waals surface area contributed by atoms with Crippen LogP contribution >= 0.6 is 11.6 Å². The summed E-state index contributed by atoms with van der Waals surface area (Å²) in [7, 11) is -4.13. The third kappa shape index (κ3) is 8.62. The third-order valence-corrected chi connectivity index (χ3v) is 10.2. The van der Waals surface area contributed by atoms with Crippen LogP contribution in [-0.4, -0.2) is 54.0 Å².